The summed E-state index contributed by atoms with van der Waals surface area (Å²) in [4.78, 5) is 28.9. The minimum absolute atomic E-state index is 0.0390. The van der Waals surface area contributed by atoms with Crippen LogP contribution in [0, 0.1) is 5.82 Å². The Morgan fingerprint density at radius 3 is 2.59 bits per heavy atom. The van der Waals surface area contributed by atoms with Crippen LogP contribution in [0.1, 0.15) is 23.1 Å². The van der Waals surface area contributed by atoms with Gasteiger partial charge in [-0.3, -0.25) is 9.48 Å². The van der Waals surface area contributed by atoms with Gasteiger partial charge in [0.05, 0.1) is 24.1 Å². The van der Waals surface area contributed by atoms with Crippen molar-refractivity contribution in [2.75, 3.05) is 20.6 Å². The Morgan fingerprint density at radius 1 is 1.05 bits per heavy atom. The summed E-state index contributed by atoms with van der Waals surface area (Å²) in [5.41, 5.74) is 6.71. The average Bonchev–Trinajstić information content (AvgIpc) is 3.68. The molecule has 1 amide bonds. The van der Waals surface area contributed by atoms with Gasteiger partial charge in [0.2, 0.25) is 5.91 Å². The molecule has 9 heteroatoms. The van der Waals surface area contributed by atoms with Gasteiger partial charge in [-0.25, -0.2) is 14.4 Å². The molecular weight excluding hydrogens is 493 g/mol. The predicted molar refractivity (Wildman–Crippen MR) is 148 cm³/mol. The number of H-pyrrole nitrogens is 1. The number of fused-ring (bicyclic) bond motifs is 2. The van der Waals surface area contributed by atoms with Crippen molar-refractivity contribution in [1.29, 1.82) is 0 Å². The Hall–Kier alpha value is -4.37. The van der Waals surface area contributed by atoms with E-state index in [2.05, 4.69) is 37.1 Å². The number of carbonyl (C=O) groups excluding carboxylic acids is 1. The third kappa shape index (κ3) is 5.18. The number of hydrogen-bond donors (Lipinski definition) is 1. The molecule has 0 radical (unpaired) electrons. The van der Waals surface area contributed by atoms with Crippen molar-refractivity contribution in [3.05, 3.63) is 89.8 Å². The molecule has 0 unspecified atom stereocenters. The standard InChI is InChI=1S/C30H30FN7O/c1-36(2)11-12-38-18-24(15-34-38)27-14-25-29(32-19-33-30(25)35-27)21-8-7-20(26(31)13-21)9-10-28(39)37-16-22-5-3-4-6-23(22)17-37/h3-8,13-15,18-19H,9-12,16-17H2,1-2H3,(H,32,33,35). The van der Waals surface area contributed by atoms with Gasteiger partial charge in [0, 0.05) is 48.8 Å². The zero-order valence-electron chi connectivity index (χ0n) is 22.1. The summed E-state index contributed by atoms with van der Waals surface area (Å²) < 4.78 is 17.1. The van der Waals surface area contributed by atoms with Gasteiger partial charge in [0.25, 0.3) is 0 Å². The maximum atomic E-state index is 15.2. The maximum absolute atomic E-state index is 15.2. The molecule has 39 heavy (non-hydrogen) atoms. The van der Waals surface area contributed by atoms with Gasteiger partial charge < -0.3 is 14.8 Å². The zero-order chi connectivity index (χ0) is 26.9. The second kappa shape index (κ2) is 10.4. The molecule has 0 aliphatic carbocycles. The van der Waals surface area contributed by atoms with E-state index in [1.54, 1.807) is 6.07 Å². The first-order chi connectivity index (χ1) is 18.9. The summed E-state index contributed by atoms with van der Waals surface area (Å²) in [6, 6.07) is 15.2. The largest absolute Gasteiger partial charge is 0.339 e. The highest BCUT2D eigenvalue weighted by Crippen LogP contribution is 2.31. The molecule has 0 bridgehead atoms. The van der Waals surface area contributed by atoms with Crippen LogP contribution in [0.5, 0.6) is 0 Å². The number of aromatic amines is 1. The monoisotopic (exact) mass is 523 g/mol. The number of nitrogens with zero attached hydrogens (tertiary/aromatic N) is 6. The van der Waals surface area contributed by atoms with Crippen LogP contribution in [0.4, 0.5) is 4.39 Å². The van der Waals surface area contributed by atoms with E-state index in [-0.39, 0.29) is 18.1 Å². The van der Waals surface area contributed by atoms with Gasteiger partial charge in [-0.05, 0) is 49.3 Å². The zero-order valence-corrected chi connectivity index (χ0v) is 22.1. The third-order valence-electron chi connectivity index (χ3n) is 7.27. The van der Waals surface area contributed by atoms with E-state index in [0.29, 0.717) is 42.0 Å². The number of hydrogen-bond acceptors (Lipinski definition) is 5. The fourth-order valence-corrected chi connectivity index (χ4v) is 5.06. The van der Waals surface area contributed by atoms with Crippen LogP contribution in [0.3, 0.4) is 0 Å². The lowest BCUT2D eigenvalue weighted by atomic mass is 10.0. The van der Waals surface area contributed by atoms with Gasteiger partial charge >= 0.3 is 0 Å². The molecule has 1 N–H and O–H groups in total. The number of halogens is 1. The molecular formula is C30H30FN7O. The third-order valence-corrected chi connectivity index (χ3v) is 7.27. The highest BCUT2D eigenvalue weighted by molar-refractivity contribution is 5.94. The maximum Gasteiger partial charge on any atom is 0.223 e. The molecule has 8 nitrogen and oxygen atoms in total. The summed E-state index contributed by atoms with van der Waals surface area (Å²) >= 11 is 0. The number of benzene rings is 2. The molecule has 6 rings (SSSR count). The fourth-order valence-electron chi connectivity index (χ4n) is 5.06. The topological polar surface area (TPSA) is 82.9 Å². The second-order valence-corrected chi connectivity index (χ2v) is 10.3. The lowest BCUT2D eigenvalue weighted by Gasteiger charge is -2.15. The first kappa shape index (κ1) is 24.9. The Morgan fingerprint density at radius 2 is 1.85 bits per heavy atom. The van der Waals surface area contributed by atoms with E-state index in [1.807, 2.05) is 60.3 Å². The molecule has 1 aliphatic heterocycles. The van der Waals surface area contributed by atoms with Gasteiger partial charge in [-0.2, -0.15) is 5.10 Å². The summed E-state index contributed by atoms with van der Waals surface area (Å²) in [5.74, 6) is -0.299. The van der Waals surface area contributed by atoms with Crippen LogP contribution >= 0.6 is 0 Å². The molecule has 1 aliphatic rings. The molecule has 4 heterocycles. The fraction of sp³-hybridized carbons (Fsp3) is 0.267. The van der Waals surface area contributed by atoms with Crippen LogP contribution in [-0.4, -0.2) is 61.1 Å². The molecule has 0 spiro atoms. The van der Waals surface area contributed by atoms with Crippen molar-refractivity contribution in [2.45, 2.75) is 32.5 Å². The van der Waals surface area contributed by atoms with Crippen LogP contribution in [0.15, 0.2) is 67.3 Å². The Bertz CT molecular complexity index is 1630. The van der Waals surface area contributed by atoms with E-state index < -0.39 is 0 Å². The molecule has 2 aromatic carbocycles. The SMILES string of the molecule is CN(C)CCn1cc(-c2cc3c(-c4ccc(CCC(=O)N5Cc6ccccc6C5)c(F)c4)ncnc3[nH]2)cn1. The number of aryl methyl sites for hydroxylation is 1. The normalized spacial score (nSPS) is 13.0. The van der Waals surface area contributed by atoms with Gasteiger partial charge in [-0.1, -0.05) is 36.4 Å². The second-order valence-electron chi connectivity index (χ2n) is 10.3. The summed E-state index contributed by atoms with van der Waals surface area (Å²) in [7, 11) is 4.07. The Balaban J connectivity index is 1.17. The molecule has 0 fully saturated rings. The summed E-state index contributed by atoms with van der Waals surface area (Å²) in [6.07, 6.45) is 5.92. The lowest BCUT2D eigenvalue weighted by Crippen LogP contribution is -2.25. The first-order valence-electron chi connectivity index (χ1n) is 13.1. The lowest BCUT2D eigenvalue weighted by molar-refractivity contribution is -0.131. The van der Waals surface area contributed by atoms with Crippen molar-refractivity contribution >= 4 is 16.9 Å². The summed E-state index contributed by atoms with van der Waals surface area (Å²) in [6.45, 7) is 2.93. The number of nitrogens with one attached hydrogen (secondary N) is 1. The number of aromatic nitrogens is 5. The van der Waals surface area contributed by atoms with E-state index in [1.165, 1.54) is 23.5 Å². The molecule has 5 aromatic rings. The van der Waals surface area contributed by atoms with Gasteiger partial charge in [-0.15, -0.1) is 0 Å². The van der Waals surface area contributed by atoms with Crippen LogP contribution < -0.4 is 0 Å². The number of carbonyl (C=O) groups is 1. The quantitative estimate of drug-likeness (QED) is 0.320. The first-order valence-corrected chi connectivity index (χ1v) is 13.1. The van der Waals surface area contributed by atoms with Crippen molar-refractivity contribution in [3.8, 4) is 22.5 Å². The number of rotatable bonds is 8. The average molecular weight is 524 g/mol. The van der Waals surface area contributed by atoms with E-state index in [9.17, 15) is 4.79 Å². The van der Waals surface area contributed by atoms with Crippen molar-refractivity contribution in [3.63, 3.8) is 0 Å². The molecule has 198 valence electrons. The molecule has 3 aromatic heterocycles. The number of likely N-dealkylation sites (N-methyl/N-ethyl adjacent to an activating group) is 1. The predicted octanol–water partition coefficient (Wildman–Crippen LogP) is 4.66. The van der Waals surface area contributed by atoms with Crippen molar-refractivity contribution < 1.29 is 9.18 Å². The van der Waals surface area contributed by atoms with Crippen molar-refractivity contribution in [2.24, 2.45) is 0 Å². The van der Waals surface area contributed by atoms with Crippen LogP contribution in [0.25, 0.3) is 33.5 Å². The van der Waals surface area contributed by atoms with E-state index in [4.69, 9.17) is 0 Å². The van der Waals surface area contributed by atoms with Crippen LogP contribution in [0.2, 0.25) is 0 Å². The Kier molecular flexibility index (Phi) is 6.66. The minimum atomic E-state index is -0.338. The minimum Gasteiger partial charge on any atom is -0.339 e. The molecule has 0 saturated carbocycles. The molecule has 0 saturated heterocycles. The highest BCUT2D eigenvalue weighted by atomic mass is 19.1. The number of amides is 1. The molecule has 0 atom stereocenters. The Labute approximate surface area is 226 Å². The highest BCUT2D eigenvalue weighted by Gasteiger charge is 2.23. The van der Waals surface area contributed by atoms with Gasteiger partial charge in [0.1, 0.15) is 17.8 Å². The van der Waals surface area contributed by atoms with Crippen molar-refractivity contribution in [1.82, 2.24) is 34.5 Å². The van der Waals surface area contributed by atoms with Gasteiger partial charge in [0.15, 0.2) is 0 Å². The smallest absolute Gasteiger partial charge is 0.223 e. The van der Waals surface area contributed by atoms with Crippen LogP contribution in [-0.2, 0) is 30.8 Å². The summed E-state index contributed by atoms with van der Waals surface area (Å²) in [5, 5.41) is 5.27. The van der Waals surface area contributed by atoms with E-state index in [0.717, 1.165) is 29.7 Å². The van der Waals surface area contributed by atoms with E-state index >= 15 is 4.39 Å².